The first-order chi connectivity index (χ1) is 11.2. The van der Waals surface area contributed by atoms with Crippen molar-refractivity contribution < 1.29 is 4.79 Å². The molecule has 0 bridgehead atoms. The van der Waals surface area contributed by atoms with Gasteiger partial charge in [0.1, 0.15) is 0 Å². The highest BCUT2D eigenvalue weighted by Crippen LogP contribution is 2.11. The molecular formula is C21H19NO. The van der Waals surface area contributed by atoms with Crippen LogP contribution in [-0.2, 0) is 6.54 Å². The van der Waals surface area contributed by atoms with Crippen molar-refractivity contribution in [1.29, 1.82) is 0 Å². The van der Waals surface area contributed by atoms with Crippen LogP contribution in [0.5, 0.6) is 0 Å². The molecule has 23 heavy (non-hydrogen) atoms. The van der Waals surface area contributed by atoms with E-state index in [0.717, 1.165) is 5.56 Å². The molecule has 0 saturated carbocycles. The zero-order valence-electron chi connectivity index (χ0n) is 13.1. The van der Waals surface area contributed by atoms with Gasteiger partial charge in [-0.25, -0.2) is 0 Å². The highest BCUT2D eigenvalue weighted by molar-refractivity contribution is 6.05. The number of aromatic nitrogens is 1. The number of rotatable bonds is 5. The van der Waals surface area contributed by atoms with Gasteiger partial charge in [0.2, 0.25) is 5.78 Å². The number of carbonyl (C=O) groups is 1. The van der Waals surface area contributed by atoms with Crippen molar-refractivity contribution in [2.45, 2.75) is 13.5 Å². The van der Waals surface area contributed by atoms with Crippen LogP contribution in [-0.4, -0.2) is 10.4 Å². The molecule has 1 heterocycles. The molecule has 0 N–H and O–H groups in total. The van der Waals surface area contributed by atoms with Crippen molar-refractivity contribution in [2.24, 2.45) is 0 Å². The third-order valence-electron chi connectivity index (χ3n) is 3.78. The van der Waals surface area contributed by atoms with E-state index in [2.05, 4.69) is 19.1 Å². The Morgan fingerprint density at radius 1 is 0.957 bits per heavy atom. The molecule has 3 aromatic rings. The molecule has 114 valence electrons. The molecule has 0 radical (unpaired) electrons. The topological polar surface area (TPSA) is 22.0 Å². The van der Waals surface area contributed by atoms with E-state index >= 15 is 0 Å². The van der Waals surface area contributed by atoms with Gasteiger partial charge < -0.3 is 4.57 Å². The predicted octanol–water partition coefficient (Wildman–Crippen LogP) is 4.74. The van der Waals surface area contributed by atoms with Crippen molar-refractivity contribution >= 4 is 11.9 Å². The van der Waals surface area contributed by atoms with Gasteiger partial charge in [0, 0.05) is 12.7 Å². The van der Waals surface area contributed by atoms with Crippen LogP contribution in [0.4, 0.5) is 0 Å². The van der Waals surface area contributed by atoms with Gasteiger partial charge in [-0.2, -0.15) is 0 Å². The molecule has 0 atom stereocenters. The standard InChI is InChI=1S/C21H19NO/c1-17-9-11-18(12-10-17)13-14-21(23)20-8-5-15-22(20)16-19-6-3-2-4-7-19/h2-15H,16H2,1H3/b14-13+. The highest BCUT2D eigenvalue weighted by Gasteiger charge is 2.08. The Bertz CT molecular complexity index is 811. The lowest BCUT2D eigenvalue weighted by Crippen LogP contribution is -2.07. The van der Waals surface area contributed by atoms with Crippen LogP contribution >= 0.6 is 0 Å². The fraction of sp³-hybridized carbons (Fsp3) is 0.0952. The molecule has 0 fully saturated rings. The van der Waals surface area contributed by atoms with E-state index in [1.54, 1.807) is 6.08 Å². The Labute approximate surface area is 136 Å². The smallest absolute Gasteiger partial charge is 0.202 e. The number of carbonyl (C=O) groups excluding carboxylic acids is 1. The van der Waals surface area contributed by atoms with Crippen molar-refractivity contribution in [3.8, 4) is 0 Å². The maximum atomic E-state index is 12.4. The number of hydrogen-bond donors (Lipinski definition) is 0. The van der Waals surface area contributed by atoms with Gasteiger partial charge in [0.15, 0.2) is 0 Å². The molecule has 2 nitrogen and oxygen atoms in total. The fourth-order valence-electron chi connectivity index (χ4n) is 2.49. The van der Waals surface area contributed by atoms with E-state index in [9.17, 15) is 4.79 Å². The predicted molar refractivity (Wildman–Crippen MR) is 94.5 cm³/mol. The van der Waals surface area contributed by atoms with Gasteiger partial charge in [0.25, 0.3) is 0 Å². The molecule has 0 amide bonds. The van der Waals surface area contributed by atoms with E-state index in [4.69, 9.17) is 0 Å². The zero-order chi connectivity index (χ0) is 16.1. The molecule has 0 spiro atoms. The van der Waals surface area contributed by atoms with Crippen molar-refractivity contribution in [1.82, 2.24) is 4.57 Å². The third kappa shape index (κ3) is 3.86. The van der Waals surface area contributed by atoms with Gasteiger partial charge in [-0.3, -0.25) is 4.79 Å². The zero-order valence-corrected chi connectivity index (χ0v) is 13.1. The molecule has 1 aromatic heterocycles. The summed E-state index contributed by atoms with van der Waals surface area (Å²) >= 11 is 0. The molecule has 0 aliphatic carbocycles. The molecule has 3 rings (SSSR count). The monoisotopic (exact) mass is 301 g/mol. The molecule has 0 unspecified atom stereocenters. The van der Waals surface area contributed by atoms with E-state index in [1.165, 1.54) is 11.1 Å². The summed E-state index contributed by atoms with van der Waals surface area (Å²) in [5.41, 5.74) is 4.13. The first kappa shape index (κ1) is 15.0. The maximum absolute atomic E-state index is 12.4. The molecule has 0 aliphatic heterocycles. The van der Waals surface area contributed by atoms with Crippen molar-refractivity contribution in [3.63, 3.8) is 0 Å². The van der Waals surface area contributed by atoms with Gasteiger partial charge in [0.05, 0.1) is 5.69 Å². The lowest BCUT2D eigenvalue weighted by atomic mass is 10.1. The minimum atomic E-state index is 0.0199. The van der Waals surface area contributed by atoms with Crippen LogP contribution in [0.15, 0.2) is 79.0 Å². The summed E-state index contributed by atoms with van der Waals surface area (Å²) < 4.78 is 1.98. The van der Waals surface area contributed by atoms with E-state index in [0.29, 0.717) is 12.2 Å². The summed E-state index contributed by atoms with van der Waals surface area (Å²) in [5.74, 6) is 0.0199. The lowest BCUT2D eigenvalue weighted by molar-refractivity contribution is 0.104. The Morgan fingerprint density at radius 2 is 1.70 bits per heavy atom. The van der Waals surface area contributed by atoms with Crippen molar-refractivity contribution in [3.05, 3.63) is 101 Å². The number of hydrogen-bond acceptors (Lipinski definition) is 1. The van der Waals surface area contributed by atoms with Gasteiger partial charge >= 0.3 is 0 Å². The molecule has 2 aromatic carbocycles. The summed E-state index contributed by atoms with van der Waals surface area (Å²) in [4.78, 5) is 12.4. The Kier molecular flexibility index (Phi) is 4.53. The first-order valence-corrected chi connectivity index (χ1v) is 7.70. The Hall–Kier alpha value is -2.87. The van der Waals surface area contributed by atoms with E-state index in [1.807, 2.05) is 71.4 Å². The normalized spacial score (nSPS) is 11.0. The van der Waals surface area contributed by atoms with E-state index < -0.39 is 0 Å². The molecular weight excluding hydrogens is 282 g/mol. The van der Waals surface area contributed by atoms with Crippen LogP contribution in [0.1, 0.15) is 27.2 Å². The van der Waals surface area contributed by atoms with Crippen LogP contribution < -0.4 is 0 Å². The van der Waals surface area contributed by atoms with Gasteiger partial charge in [-0.1, -0.05) is 66.2 Å². The Morgan fingerprint density at radius 3 is 2.43 bits per heavy atom. The molecule has 0 aliphatic rings. The number of ketones is 1. The minimum absolute atomic E-state index is 0.0199. The maximum Gasteiger partial charge on any atom is 0.202 e. The highest BCUT2D eigenvalue weighted by atomic mass is 16.1. The second-order valence-corrected chi connectivity index (χ2v) is 5.62. The number of benzene rings is 2. The largest absolute Gasteiger partial charge is 0.340 e. The average Bonchev–Trinajstić information content (AvgIpc) is 3.03. The van der Waals surface area contributed by atoms with Crippen LogP contribution in [0.25, 0.3) is 6.08 Å². The SMILES string of the molecule is Cc1ccc(/C=C/C(=O)c2cccn2Cc2ccccc2)cc1. The molecule has 2 heteroatoms. The average molecular weight is 301 g/mol. The molecule has 0 saturated heterocycles. The fourth-order valence-corrected chi connectivity index (χ4v) is 2.49. The second-order valence-electron chi connectivity index (χ2n) is 5.62. The summed E-state index contributed by atoms with van der Waals surface area (Å²) in [6, 6.07) is 22.0. The second kappa shape index (κ2) is 6.93. The minimum Gasteiger partial charge on any atom is -0.340 e. The summed E-state index contributed by atoms with van der Waals surface area (Å²) in [5, 5.41) is 0. The van der Waals surface area contributed by atoms with Crippen LogP contribution in [0.2, 0.25) is 0 Å². The lowest BCUT2D eigenvalue weighted by Gasteiger charge is -2.07. The summed E-state index contributed by atoms with van der Waals surface area (Å²) in [7, 11) is 0. The third-order valence-corrected chi connectivity index (χ3v) is 3.78. The summed E-state index contributed by atoms with van der Waals surface area (Å²) in [6.07, 6.45) is 5.45. The van der Waals surface area contributed by atoms with E-state index in [-0.39, 0.29) is 5.78 Å². The summed E-state index contributed by atoms with van der Waals surface area (Å²) in [6.45, 7) is 2.75. The van der Waals surface area contributed by atoms with Gasteiger partial charge in [-0.05, 0) is 36.3 Å². The van der Waals surface area contributed by atoms with Gasteiger partial charge in [-0.15, -0.1) is 0 Å². The quantitative estimate of drug-likeness (QED) is 0.493. The number of nitrogens with zero attached hydrogens (tertiary/aromatic N) is 1. The number of allylic oxidation sites excluding steroid dienone is 1. The first-order valence-electron chi connectivity index (χ1n) is 7.70. The van der Waals surface area contributed by atoms with Crippen molar-refractivity contribution in [2.75, 3.05) is 0 Å². The van der Waals surface area contributed by atoms with Crippen LogP contribution in [0.3, 0.4) is 0 Å². The van der Waals surface area contributed by atoms with Crippen LogP contribution in [0, 0.1) is 6.92 Å². The number of aryl methyl sites for hydroxylation is 1. The Balaban J connectivity index is 1.75.